The largest absolute Gasteiger partial charge is 0.496 e. The number of nitrogens with zero attached hydrogens (tertiary/aromatic N) is 1. The standard InChI is InChI=1S/C20H27N3O2.HI/c1-16-9-10-18(19(13-16)24-3)14-23-20(21-2)22-11-12-25-15-17-7-5-4-6-8-17;/h4-10,13H,11-12,14-15H2,1-3H3,(H2,21,22,23);1H. The molecule has 0 fully saturated rings. The summed E-state index contributed by atoms with van der Waals surface area (Å²) in [4.78, 5) is 4.23. The minimum Gasteiger partial charge on any atom is -0.496 e. The van der Waals surface area contributed by atoms with Gasteiger partial charge in [0.05, 0.1) is 20.3 Å². The van der Waals surface area contributed by atoms with Gasteiger partial charge in [-0.15, -0.1) is 24.0 Å². The van der Waals surface area contributed by atoms with E-state index in [1.54, 1.807) is 14.2 Å². The molecular formula is C20H28IN3O2. The lowest BCUT2D eigenvalue weighted by atomic mass is 10.1. The van der Waals surface area contributed by atoms with E-state index in [0.717, 1.165) is 17.3 Å². The lowest BCUT2D eigenvalue weighted by Crippen LogP contribution is -2.38. The number of halogens is 1. The predicted octanol–water partition coefficient (Wildman–Crippen LogP) is 3.50. The minimum absolute atomic E-state index is 0. The molecule has 0 bridgehead atoms. The van der Waals surface area contributed by atoms with E-state index in [2.05, 4.69) is 46.8 Å². The zero-order valence-electron chi connectivity index (χ0n) is 15.6. The van der Waals surface area contributed by atoms with Crippen LogP contribution < -0.4 is 15.4 Å². The highest BCUT2D eigenvalue weighted by Crippen LogP contribution is 2.19. The van der Waals surface area contributed by atoms with Crippen molar-refractivity contribution >= 4 is 29.9 Å². The van der Waals surface area contributed by atoms with Crippen molar-refractivity contribution < 1.29 is 9.47 Å². The Morgan fingerprint density at radius 1 is 1.08 bits per heavy atom. The Morgan fingerprint density at radius 3 is 2.54 bits per heavy atom. The lowest BCUT2D eigenvalue weighted by molar-refractivity contribution is 0.125. The first-order chi connectivity index (χ1) is 12.2. The topological polar surface area (TPSA) is 54.9 Å². The number of hydrogen-bond acceptors (Lipinski definition) is 3. The molecule has 0 heterocycles. The Kier molecular flexibility index (Phi) is 10.7. The van der Waals surface area contributed by atoms with Gasteiger partial charge in [0.25, 0.3) is 0 Å². The maximum atomic E-state index is 5.66. The van der Waals surface area contributed by atoms with Gasteiger partial charge in [0, 0.05) is 25.7 Å². The molecule has 0 aliphatic heterocycles. The lowest BCUT2D eigenvalue weighted by Gasteiger charge is -2.14. The molecule has 26 heavy (non-hydrogen) atoms. The van der Waals surface area contributed by atoms with E-state index in [9.17, 15) is 0 Å². The van der Waals surface area contributed by atoms with Gasteiger partial charge in [0.15, 0.2) is 5.96 Å². The van der Waals surface area contributed by atoms with Gasteiger partial charge in [-0.3, -0.25) is 4.99 Å². The molecule has 0 saturated heterocycles. The van der Waals surface area contributed by atoms with Crippen molar-refractivity contribution in [2.75, 3.05) is 27.3 Å². The monoisotopic (exact) mass is 469 g/mol. The van der Waals surface area contributed by atoms with Crippen LogP contribution in [0.15, 0.2) is 53.5 Å². The van der Waals surface area contributed by atoms with Gasteiger partial charge in [0.1, 0.15) is 5.75 Å². The van der Waals surface area contributed by atoms with Gasteiger partial charge in [-0.05, 0) is 24.1 Å². The highest BCUT2D eigenvalue weighted by atomic mass is 127. The van der Waals surface area contributed by atoms with E-state index in [1.807, 2.05) is 24.3 Å². The summed E-state index contributed by atoms with van der Waals surface area (Å²) in [6, 6.07) is 16.3. The maximum absolute atomic E-state index is 5.66. The first-order valence-electron chi connectivity index (χ1n) is 8.42. The molecule has 0 saturated carbocycles. The van der Waals surface area contributed by atoms with E-state index in [-0.39, 0.29) is 24.0 Å². The van der Waals surface area contributed by atoms with Crippen molar-refractivity contribution in [3.63, 3.8) is 0 Å². The van der Waals surface area contributed by atoms with Crippen molar-refractivity contribution in [1.29, 1.82) is 0 Å². The predicted molar refractivity (Wildman–Crippen MR) is 117 cm³/mol. The minimum atomic E-state index is 0. The van der Waals surface area contributed by atoms with E-state index in [4.69, 9.17) is 9.47 Å². The van der Waals surface area contributed by atoms with Crippen LogP contribution in [-0.2, 0) is 17.9 Å². The molecule has 6 heteroatoms. The number of benzene rings is 2. The van der Waals surface area contributed by atoms with Crippen LogP contribution in [0, 0.1) is 6.92 Å². The van der Waals surface area contributed by atoms with Gasteiger partial charge < -0.3 is 20.1 Å². The maximum Gasteiger partial charge on any atom is 0.191 e. The number of methoxy groups -OCH3 is 1. The Labute approximate surface area is 173 Å². The molecular weight excluding hydrogens is 441 g/mol. The Bertz CT molecular complexity index is 678. The molecule has 0 unspecified atom stereocenters. The average molecular weight is 469 g/mol. The van der Waals surface area contributed by atoms with E-state index in [0.29, 0.717) is 26.3 Å². The molecule has 0 aliphatic rings. The van der Waals surface area contributed by atoms with Gasteiger partial charge in [-0.2, -0.15) is 0 Å². The average Bonchev–Trinajstić information content (AvgIpc) is 2.65. The summed E-state index contributed by atoms with van der Waals surface area (Å²) in [5.41, 5.74) is 3.45. The number of nitrogens with one attached hydrogen (secondary N) is 2. The van der Waals surface area contributed by atoms with E-state index >= 15 is 0 Å². The fraction of sp³-hybridized carbons (Fsp3) is 0.350. The van der Waals surface area contributed by atoms with E-state index in [1.165, 1.54) is 11.1 Å². The summed E-state index contributed by atoms with van der Waals surface area (Å²) in [5, 5.41) is 6.54. The summed E-state index contributed by atoms with van der Waals surface area (Å²) < 4.78 is 11.1. The van der Waals surface area contributed by atoms with E-state index < -0.39 is 0 Å². The number of rotatable bonds is 8. The molecule has 0 amide bonds. The molecule has 2 rings (SSSR count). The molecule has 0 radical (unpaired) electrons. The third-order valence-corrected chi connectivity index (χ3v) is 3.76. The zero-order valence-corrected chi connectivity index (χ0v) is 17.9. The molecule has 2 aromatic rings. The van der Waals surface area contributed by atoms with Crippen LogP contribution in [0.2, 0.25) is 0 Å². The summed E-state index contributed by atoms with van der Waals surface area (Å²) in [5.74, 6) is 1.63. The SMILES string of the molecule is CN=C(NCCOCc1ccccc1)NCc1ccc(C)cc1OC.I. The number of hydrogen-bond donors (Lipinski definition) is 2. The second-order valence-electron chi connectivity index (χ2n) is 5.71. The zero-order chi connectivity index (χ0) is 17.9. The fourth-order valence-corrected chi connectivity index (χ4v) is 2.40. The molecule has 0 atom stereocenters. The first-order valence-corrected chi connectivity index (χ1v) is 8.42. The molecule has 0 spiro atoms. The number of aliphatic imine (C=N–C) groups is 1. The Hall–Kier alpha value is -1.80. The summed E-state index contributed by atoms with van der Waals surface area (Å²) in [6.07, 6.45) is 0. The second-order valence-corrected chi connectivity index (χ2v) is 5.71. The molecule has 0 aliphatic carbocycles. The fourth-order valence-electron chi connectivity index (χ4n) is 2.40. The number of ether oxygens (including phenoxy) is 2. The van der Waals surface area contributed by atoms with Gasteiger partial charge in [0.2, 0.25) is 0 Å². The first kappa shape index (κ1) is 22.2. The Morgan fingerprint density at radius 2 is 1.85 bits per heavy atom. The van der Waals surface area contributed by atoms with Crippen molar-refractivity contribution in [1.82, 2.24) is 10.6 Å². The van der Waals surface area contributed by atoms with Crippen LogP contribution >= 0.6 is 24.0 Å². The van der Waals surface area contributed by atoms with Gasteiger partial charge in [-0.1, -0.05) is 42.5 Å². The van der Waals surface area contributed by atoms with Gasteiger partial charge in [-0.25, -0.2) is 0 Å². The van der Waals surface area contributed by atoms with Crippen LogP contribution in [-0.4, -0.2) is 33.3 Å². The third-order valence-electron chi connectivity index (χ3n) is 3.76. The highest BCUT2D eigenvalue weighted by Gasteiger charge is 2.04. The molecule has 2 aromatic carbocycles. The van der Waals surface area contributed by atoms with Crippen LogP contribution in [0.25, 0.3) is 0 Å². The van der Waals surface area contributed by atoms with Crippen LogP contribution in [0.1, 0.15) is 16.7 Å². The molecule has 2 N–H and O–H groups in total. The van der Waals surface area contributed by atoms with Crippen LogP contribution in [0.3, 0.4) is 0 Å². The van der Waals surface area contributed by atoms with Crippen molar-refractivity contribution in [2.24, 2.45) is 4.99 Å². The summed E-state index contributed by atoms with van der Waals surface area (Å²) in [6.45, 7) is 4.62. The normalized spacial score (nSPS) is 10.8. The number of aryl methyl sites for hydroxylation is 1. The highest BCUT2D eigenvalue weighted by molar-refractivity contribution is 14.0. The third kappa shape index (κ3) is 7.61. The molecule has 142 valence electrons. The van der Waals surface area contributed by atoms with Crippen LogP contribution in [0.5, 0.6) is 5.75 Å². The summed E-state index contributed by atoms with van der Waals surface area (Å²) in [7, 11) is 3.45. The van der Waals surface area contributed by atoms with Crippen molar-refractivity contribution in [2.45, 2.75) is 20.1 Å². The smallest absolute Gasteiger partial charge is 0.191 e. The van der Waals surface area contributed by atoms with Crippen molar-refractivity contribution in [3.05, 3.63) is 65.2 Å². The van der Waals surface area contributed by atoms with Crippen LogP contribution in [0.4, 0.5) is 0 Å². The van der Waals surface area contributed by atoms with Gasteiger partial charge >= 0.3 is 0 Å². The number of guanidine groups is 1. The van der Waals surface area contributed by atoms with Crippen molar-refractivity contribution in [3.8, 4) is 5.75 Å². The Balaban J connectivity index is 0.00000338. The summed E-state index contributed by atoms with van der Waals surface area (Å²) >= 11 is 0. The quantitative estimate of drug-likeness (QED) is 0.269. The second kappa shape index (κ2) is 12.5. The molecule has 0 aromatic heterocycles. The molecule has 5 nitrogen and oxygen atoms in total.